The molecule has 0 rings (SSSR count). The van der Waals surface area contributed by atoms with E-state index < -0.39 is 11.9 Å². The van der Waals surface area contributed by atoms with E-state index in [9.17, 15) is 9.59 Å². The van der Waals surface area contributed by atoms with Crippen molar-refractivity contribution in [2.45, 2.75) is 26.7 Å². The molecule has 0 amide bonds. The van der Waals surface area contributed by atoms with Crippen LogP contribution >= 0.6 is 0 Å². The van der Waals surface area contributed by atoms with Crippen molar-refractivity contribution in [2.75, 3.05) is 0 Å². The van der Waals surface area contributed by atoms with Gasteiger partial charge in [-0.25, -0.2) is 0 Å². The molecule has 3 nitrogen and oxygen atoms in total. The van der Waals surface area contributed by atoms with Gasteiger partial charge in [0.15, 0.2) is 0 Å². The van der Waals surface area contributed by atoms with E-state index in [0.717, 1.165) is 0 Å². The van der Waals surface area contributed by atoms with Crippen LogP contribution in [0.25, 0.3) is 0 Å². The van der Waals surface area contributed by atoms with Crippen LogP contribution in [0.5, 0.6) is 0 Å². The van der Waals surface area contributed by atoms with E-state index >= 15 is 0 Å². The van der Waals surface area contributed by atoms with Gasteiger partial charge < -0.3 is 5.11 Å². The van der Waals surface area contributed by atoms with Crippen molar-refractivity contribution in [1.29, 1.82) is 0 Å². The number of carbonyl (C=O) groups excluding carboxylic acids is 1. The van der Waals surface area contributed by atoms with E-state index in [-0.39, 0.29) is 12.2 Å². The van der Waals surface area contributed by atoms with Gasteiger partial charge in [0.2, 0.25) is 0 Å². The van der Waals surface area contributed by atoms with Gasteiger partial charge in [0.1, 0.15) is 5.78 Å². The average molecular weight is 144 g/mol. The van der Waals surface area contributed by atoms with Crippen LogP contribution in [0, 0.1) is 5.92 Å². The summed E-state index contributed by atoms with van der Waals surface area (Å²) in [6.07, 6.45) is 0.587. The lowest BCUT2D eigenvalue weighted by molar-refractivity contribution is -0.143. The fourth-order valence-corrected chi connectivity index (χ4v) is 0.573. The molecule has 0 spiro atoms. The quantitative estimate of drug-likeness (QED) is 0.642. The molecule has 3 heteroatoms. The highest BCUT2D eigenvalue weighted by atomic mass is 16.4. The minimum absolute atomic E-state index is 0.00917. The summed E-state index contributed by atoms with van der Waals surface area (Å²) >= 11 is 0. The summed E-state index contributed by atoms with van der Waals surface area (Å²) in [4.78, 5) is 20.9. The first-order valence-corrected chi connectivity index (χ1v) is 3.32. The predicted molar refractivity (Wildman–Crippen MR) is 36.7 cm³/mol. The Balaban J connectivity index is 3.68. The monoisotopic (exact) mass is 144 g/mol. The van der Waals surface area contributed by atoms with Crippen LogP contribution in [-0.2, 0) is 9.59 Å². The lowest BCUT2D eigenvalue weighted by atomic mass is 10.0. The molecule has 0 saturated carbocycles. The number of aliphatic carboxylic acids is 1. The first-order valence-electron chi connectivity index (χ1n) is 3.32. The third kappa shape index (κ3) is 3.22. The van der Waals surface area contributed by atoms with E-state index in [1.165, 1.54) is 6.92 Å². The largest absolute Gasteiger partial charge is 0.481 e. The molecule has 0 aliphatic carbocycles. The van der Waals surface area contributed by atoms with Gasteiger partial charge in [0, 0.05) is 12.8 Å². The van der Waals surface area contributed by atoms with E-state index in [1.54, 1.807) is 6.92 Å². The predicted octanol–water partition coefficient (Wildman–Crippen LogP) is 1.08. The lowest BCUT2D eigenvalue weighted by Gasteiger charge is -2.01. The summed E-state index contributed by atoms with van der Waals surface area (Å²) in [5.41, 5.74) is 0. The van der Waals surface area contributed by atoms with Crippen LogP contribution in [0.3, 0.4) is 0 Å². The summed E-state index contributed by atoms with van der Waals surface area (Å²) in [6, 6.07) is 0. The second-order valence-electron chi connectivity index (χ2n) is 2.34. The lowest BCUT2D eigenvalue weighted by Crippen LogP contribution is -2.13. The van der Waals surface area contributed by atoms with Crippen LogP contribution in [0.1, 0.15) is 26.7 Å². The van der Waals surface area contributed by atoms with E-state index in [1.807, 2.05) is 0 Å². The summed E-state index contributed by atoms with van der Waals surface area (Å²) in [7, 11) is 0. The van der Waals surface area contributed by atoms with Crippen molar-refractivity contribution in [2.24, 2.45) is 5.92 Å². The maximum atomic E-state index is 10.7. The fraction of sp³-hybridized carbons (Fsp3) is 0.714. The first kappa shape index (κ1) is 9.14. The molecule has 0 fully saturated rings. The molecule has 0 heterocycles. The van der Waals surface area contributed by atoms with Gasteiger partial charge >= 0.3 is 5.97 Å². The smallest absolute Gasteiger partial charge is 0.306 e. The molecule has 0 aromatic rings. The summed E-state index contributed by atoms with van der Waals surface area (Å²) in [5, 5.41) is 8.37. The number of carbonyl (C=O) groups is 2. The van der Waals surface area contributed by atoms with E-state index in [0.29, 0.717) is 6.42 Å². The first-order chi connectivity index (χ1) is 4.57. The highest BCUT2D eigenvalue weighted by molar-refractivity contribution is 5.83. The molecule has 0 aromatic carbocycles. The van der Waals surface area contributed by atoms with E-state index in [4.69, 9.17) is 5.11 Å². The molecule has 0 aliphatic heterocycles. The van der Waals surface area contributed by atoms with Gasteiger partial charge in [0.25, 0.3) is 0 Å². The Morgan fingerprint density at radius 3 is 2.30 bits per heavy atom. The third-order valence-electron chi connectivity index (χ3n) is 1.35. The molecule has 0 aliphatic rings. The van der Waals surface area contributed by atoms with Crippen molar-refractivity contribution < 1.29 is 14.7 Å². The number of hydrogen-bond acceptors (Lipinski definition) is 2. The molecule has 58 valence electrons. The van der Waals surface area contributed by atoms with Crippen LogP contribution in [-0.4, -0.2) is 16.9 Å². The van der Waals surface area contributed by atoms with Gasteiger partial charge in [-0.1, -0.05) is 13.8 Å². The number of carboxylic acids is 1. The van der Waals surface area contributed by atoms with Crippen molar-refractivity contribution in [3.8, 4) is 0 Å². The molecule has 0 bridgehead atoms. The highest BCUT2D eigenvalue weighted by Gasteiger charge is 2.13. The zero-order chi connectivity index (χ0) is 8.15. The number of rotatable bonds is 4. The van der Waals surface area contributed by atoms with Crippen molar-refractivity contribution in [3.63, 3.8) is 0 Å². The summed E-state index contributed by atoms with van der Waals surface area (Å²) in [5.74, 6) is -1.43. The van der Waals surface area contributed by atoms with Crippen molar-refractivity contribution in [3.05, 3.63) is 0 Å². The van der Waals surface area contributed by atoms with Gasteiger partial charge in [-0.05, 0) is 0 Å². The maximum Gasteiger partial charge on any atom is 0.306 e. The Morgan fingerprint density at radius 2 is 2.00 bits per heavy atom. The molecule has 0 saturated heterocycles. The second kappa shape index (κ2) is 4.04. The van der Waals surface area contributed by atoms with Crippen LogP contribution < -0.4 is 0 Å². The molecule has 1 atom stereocenters. The Morgan fingerprint density at radius 1 is 1.50 bits per heavy atom. The Kier molecular flexibility index (Phi) is 3.69. The van der Waals surface area contributed by atoms with Gasteiger partial charge in [0.05, 0.1) is 5.92 Å². The molecule has 0 radical (unpaired) electrons. The molecule has 10 heavy (non-hydrogen) atoms. The van der Waals surface area contributed by atoms with Crippen LogP contribution in [0.15, 0.2) is 0 Å². The third-order valence-corrected chi connectivity index (χ3v) is 1.35. The van der Waals surface area contributed by atoms with Crippen molar-refractivity contribution >= 4 is 11.8 Å². The van der Waals surface area contributed by atoms with Crippen LogP contribution in [0.4, 0.5) is 0 Å². The van der Waals surface area contributed by atoms with Crippen molar-refractivity contribution in [1.82, 2.24) is 0 Å². The zero-order valence-corrected chi connectivity index (χ0v) is 6.26. The van der Waals surface area contributed by atoms with Gasteiger partial charge in [-0.2, -0.15) is 0 Å². The van der Waals surface area contributed by atoms with Gasteiger partial charge in [-0.3, -0.25) is 9.59 Å². The Bertz CT molecular complexity index is 140. The normalized spacial score (nSPS) is 12.6. The highest BCUT2D eigenvalue weighted by Crippen LogP contribution is 2.03. The second-order valence-corrected chi connectivity index (χ2v) is 2.34. The Hall–Kier alpha value is -0.860. The zero-order valence-electron chi connectivity index (χ0n) is 6.26. The number of carboxylic acid groups (broad SMARTS) is 1. The standard InChI is InChI=1S/C7H12O3/c1-3-6(8)4-5(2)7(9)10/h5H,3-4H2,1-2H3,(H,9,10)/t5-/m0/s1. The topological polar surface area (TPSA) is 54.4 Å². The SMILES string of the molecule is CCC(=O)C[C@H](C)C(=O)O. The minimum Gasteiger partial charge on any atom is -0.481 e. The molecule has 1 N–H and O–H groups in total. The average Bonchev–Trinajstić information content (AvgIpc) is 1.87. The summed E-state index contributed by atoms with van der Waals surface area (Å²) in [6.45, 7) is 3.27. The van der Waals surface area contributed by atoms with E-state index in [2.05, 4.69) is 0 Å². The molecule has 0 unspecified atom stereocenters. The summed E-state index contributed by atoms with van der Waals surface area (Å²) < 4.78 is 0. The number of Topliss-reactive ketones (excluding diaryl/α,β-unsaturated/α-hetero) is 1. The fourth-order valence-electron chi connectivity index (χ4n) is 0.573. The number of ketones is 1. The maximum absolute atomic E-state index is 10.7. The van der Waals surface area contributed by atoms with Crippen LogP contribution in [0.2, 0.25) is 0 Å². The minimum atomic E-state index is -0.901. The molecule has 0 aromatic heterocycles. The molecular formula is C7H12O3. The molecular weight excluding hydrogens is 132 g/mol. The Labute approximate surface area is 60.0 Å². The van der Waals surface area contributed by atoms with Gasteiger partial charge in [-0.15, -0.1) is 0 Å². The number of hydrogen-bond donors (Lipinski definition) is 1.